The summed E-state index contributed by atoms with van der Waals surface area (Å²) in [4.78, 5) is 23.8. The van der Waals surface area contributed by atoms with Gasteiger partial charge in [0.2, 0.25) is 0 Å². The highest BCUT2D eigenvalue weighted by Gasteiger charge is 2.42. The first kappa shape index (κ1) is 14.2. The lowest BCUT2D eigenvalue weighted by Gasteiger charge is -2.24. The van der Waals surface area contributed by atoms with Gasteiger partial charge in [-0.2, -0.15) is 0 Å². The number of Topliss-reactive ketones (excluding diaryl/α,β-unsaturated/α-hetero) is 1. The zero-order chi connectivity index (χ0) is 13.1. The molecule has 0 saturated carbocycles. The second-order valence-corrected chi connectivity index (χ2v) is 4.68. The van der Waals surface area contributed by atoms with E-state index in [2.05, 4.69) is 15.9 Å². The predicted octanol–water partition coefficient (Wildman–Crippen LogP) is 2.73. The highest BCUT2D eigenvalue weighted by Crippen LogP contribution is 2.28. The summed E-state index contributed by atoms with van der Waals surface area (Å²) >= 11 is 8.85. The molecule has 5 heteroatoms. The molecule has 0 radical (unpaired) electrons. The standard InChI is InChI=1S/C12H12BrClO3/c1-12(10(15)7-13,11(16)17-2)8-3-5-9(14)6-4-8/h3-6H,7H2,1-2H3. The van der Waals surface area contributed by atoms with Crippen LogP contribution in [0.5, 0.6) is 0 Å². The van der Waals surface area contributed by atoms with Crippen LogP contribution in [-0.2, 0) is 19.7 Å². The molecular formula is C12H12BrClO3. The van der Waals surface area contributed by atoms with Crippen LogP contribution in [0.3, 0.4) is 0 Å². The van der Waals surface area contributed by atoms with Crippen molar-refractivity contribution in [2.45, 2.75) is 12.3 Å². The number of ether oxygens (including phenoxy) is 1. The molecule has 0 aliphatic heterocycles. The highest BCUT2D eigenvalue weighted by molar-refractivity contribution is 9.09. The van der Waals surface area contributed by atoms with Gasteiger partial charge in [-0.3, -0.25) is 9.59 Å². The molecule has 0 N–H and O–H groups in total. The van der Waals surface area contributed by atoms with E-state index in [4.69, 9.17) is 16.3 Å². The Bertz CT molecular complexity index is 412. The van der Waals surface area contributed by atoms with Crippen LogP contribution < -0.4 is 0 Å². The summed E-state index contributed by atoms with van der Waals surface area (Å²) in [5, 5.41) is 0.633. The number of hydrogen-bond acceptors (Lipinski definition) is 3. The summed E-state index contributed by atoms with van der Waals surface area (Å²) in [6.07, 6.45) is 0. The van der Waals surface area contributed by atoms with Crippen LogP contribution in [-0.4, -0.2) is 24.2 Å². The van der Waals surface area contributed by atoms with Gasteiger partial charge in [-0.15, -0.1) is 0 Å². The molecule has 0 fully saturated rings. The van der Waals surface area contributed by atoms with Crippen molar-refractivity contribution in [1.82, 2.24) is 0 Å². The van der Waals surface area contributed by atoms with E-state index >= 15 is 0 Å². The van der Waals surface area contributed by atoms with Gasteiger partial charge in [-0.25, -0.2) is 0 Å². The Balaban J connectivity index is 3.28. The largest absolute Gasteiger partial charge is 0.468 e. The fourth-order valence-electron chi connectivity index (χ4n) is 1.51. The Kier molecular flexibility index (Phi) is 4.71. The Morgan fingerprint density at radius 2 is 1.88 bits per heavy atom. The zero-order valence-corrected chi connectivity index (χ0v) is 11.8. The summed E-state index contributed by atoms with van der Waals surface area (Å²) in [5.74, 6) is -0.837. The number of carbonyl (C=O) groups excluding carboxylic acids is 2. The van der Waals surface area contributed by atoms with Gasteiger partial charge in [-0.1, -0.05) is 39.7 Å². The molecule has 3 nitrogen and oxygen atoms in total. The molecule has 1 atom stereocenters. The van der Waals surface area contributed by atoms with E-state index in [0.29, 0.717) is 10.6 Å². The minimum atomic E-state index is -1.30. The van der Waals surface area contributed by atoms with Crippen LogP contribution in [0.4, 0.5) is 0 Å². The van der Waals surface area contributed by atoms with Crippen molar-refractivity contribution in [3.63, 3.8) is 0 Å². The van der Waals surface area contributed by atoms with E-state index in [1.165, 1.54) is 7.11 Å². The fourth-order valence-corrected chi connectivity index (χ4v) is 2.20. The molecule has 0 bridgehead atoms. The lowest BCUT2D eigenvalue weighted by Crippen LogP contribution is -2.42. The molecule has 1 aromatic carbocycles. The number of ketones is 1. The average molecular weight is 320 g/mol. The van der Waals surface area contributed by atoms with Gasteiger partial charge in [0.05, 0.1) is 12.4 Å². The number of esters is 1. The number of methoxy groups -OCH3 is 1. The minimum Gasteiger partial charge on any atom is -0.468 e. The smallest absolute Gasteiger partial charge is 0.323 e. The van der Waals surface area contributed by atoms with E-state index in [9.17, 15) is 9.59 Å². The van der Waals surface area contributed by atoms with E-state index in [-0.39, 0.29) is 11.1 Å². The first-order valence-corrected chi connectivity index (χ1v) is 6.40. The fraction of sp³-hybridized carbons (Fsp3) is 0.333. The number of rotatable bonds is 4. The van der Waals surface area contributed by atoms with Crippen LogP contribution in [0.25, 0.3) is 0 Å². The normalized spacial score (nSPS) is 13.9. The number of carbonyl (C=O) groups is 2. The molecule has 0 aliphatic carbocycles. The van der Waals surface area contributed by atoms with Crippen molar-refractivity contribution in [1.29, 1.82) is 0 Å². The lowest BCUT2D eigenvalue weighted by atomic mass is 9.79. The quantitative estimate of drug-likeness (QED) is 0.487. The van der Waals surface area contributed by atoms with Crippen LogP contribution >= 0.6 is 27.5 Å². The molecule has 0 spiro atoms. The monoisotopic (exact) mass is 318 g/mol. The van der Waals surface area contributed by atoms with Crippen LogP contribution in [0.15, 0.2) is 24.3 Å². The Labute approximate surface area is 113 Å². The Morgan fingerprint density at radius 1 is 1.35 bits per heavy atom. The molecular weight excluding hydrogens is 307 g/mol. The SMILES string of the molecule is COC(=O)C(C)(C(=O)CBr)c1ccc(Cl)cc1. The summed E-state index contributed by atoms with van der Waals surface area (Å²) in [7, 11) is 1.26. The zero-order valence-electron chi connectivity index (χ0n) is 9.50. The van der Waals surface area contributed by atoms with Gasteiger partial charge in [0.15, 0.2) is 5.78 Å². The molecule has 0 aliphatic rings. The molecule has 1 unspecified atom stereocenters. The van der Waals surface area contributed by atoms with E-state index < -0.39 is 11.4 Å². The van der Waals surface area contributed by atoms with Crippen molar-refractivity contribution in [2.75, 3.05) is 12.4 Å². The number of hydrogen-bond donors (Lipinski definition) is 0. The second-order valence-electron chi connectivity index (χ2n) is 3.68. The first-order valence-electron chi connectivity index (χ1n) is 4.90. The van der Waals surface area contributed by atoms with Crippen molar-refractivity contribution in [2.24, 2.45) is 0 Å². The minimum absolute atomic E-state index is 0.0846. The van der Waals surface area contributed by atoms with Gasteiger partial charge in [0.25, 0.3) is 0 Å². The number of benzene rings is 1. The van der Waals surface area contributed by atoms with Crippen LogP contribution in [0.1, 0.15) is 12.5 Å². The Morgan fingerprint density at radius 3 is 2.29 bits per heavy atom. The van der Waals surface area contributed by atoms with Crippen molar-refractivity contribution >= 4 is 39.3 Å². The van der Waals surface area contributed by atoms with Crippen molar-refractivity contribution in [3.8, 4) is 0 Å². The summed E-state index contributed by atoms with van der Waals surface area (Å²) in [6.45, 7) is 1.55. The topological polar surface area (TPSA) is 43.4 Å². The van der Waals surface area contributed by atoms with Gasteiger partial charge in [-0.05, 0) is 24.6 Å². The molecule has 1 aromatic rings. The second kappa shape index (κ2) is 5.65. The molecule has 0 heterocycles. The van der Waals surface area contributed by atoms with Crippen LogP contribution in [0.2, 0.25) is 5.02 Å². The molecule has 0 aromatic heterocycles. The van der Waals surface area contributed by atoms with Gasteiger partial charge in [0.1, 0.15) is 5.41 Å². The van der Waals surface area contributed by atoms with Crippen molar-refractivity contribution < 1.29 is 14.3 Å². The number of alkyl halides is 1. The summed E-state index contributed by atoms with van der Waals surface area (Å²) in [6, 6.07) is 6.58. The van der Waals surface area contributed by atoms with Gasteiger partial charge >= 0.3 is 5.97 Å². The van der Waals surface area contributed by atoms with E-state index in [1.54, 1.807) is 31.2 Å². The van der Waals surface area contributed by atoms with E-state index in [1.807, 2.05) is 0 Å². The van der Waals surface area contributed by atoms with Crippen molar-refractivity contribution in [3.05, 3.63) is 34.9 Å². The maximum absolute atomic E-state index is 11.9. The molecule has 0 saturated heterocycles. The summed E-state index contributed by atoms with van der Waals surface area (Å²) in [5.41, 5.74) is -0.735. The molecule has 17 heavy (non-hydrogen) atoms. The van der Waals surface area contributed by atoms with E-state index in [0.717, 1.165) is 0 Å². The maximum atomic E-state index is 11.9. The molecule has 0 amide bonds. The Hall–Kier alpha value is -0.870. The van der Waals surface area contributed by atoms with Crippen LogP contribution in [0, 0.1) is 0 Å². The third-order valence-corrected chi connectivity index (χ3v) is 3.46. The summed E-state index contributed by atoms with van der Waals surface area (Å²) < 4.78 is 4.71. The van der Waals surface area contributed by atoms with Gasteiger partial charge in [0, 0.05) is 5.02 Å². The lowest BCUT2D eigenvalue weighted by molar-refractivity contribution is -0.150. The first-order chi connectivity index (χ1) is 7.96. The third kappa shape index (κ3) is 2.69. The molecule has 1 rings (SSSR count). The average Bonchev–Trinajstić information content (AvgIpc) is 2.36. The third-order valence-electron chi connectivity index (χ3n) is 2.69. The highest BCUT2D eigenvalue weighted by atomic mass is 79.9. The molecule has 92 valence electrons. The maximum Gasteiger partial charge on any atom is 0.323 e. The van der Waals surface area contributed by atoms with Gasteiger partial charge < -0.3 is 4.74 Å². The number of halogens is 2. The predicted molar refractivity (Wildman–Crippen MR) is 69.6 cm³/mol.